The summed E-state index contributed by atoms with van der Waals surface area (Å²) < 4.78 is 23.2. The zero-order chi connectivity index (χ0) is 16.2. The van der Waals surface area contributed by atoms with Crippen molar-refractivity contribution in [3.63, 3.8) is 0 Å². The molecule has 0 spiro atoms. The summed E-state index contributed by atoms with van der Waals surface area (Å²) in [5.41, 5.74) is 0. The lowest BCUT2D eigenvalue weighted by Crippen LogP contribution is -2.55. The van der Waals surface area contributed by atoms with Gasteiger partial charge in [-0.05, 0) is 31.6 Å². The number of nitrogens with zero attached hydrogens (tertiary/aromatic N) is 1. The Morgan fingerprint density at radius 1 is 1.19 bits per heavy atom. The van der Waals surface area contributed by atoms with Gasteiger partial charge < -0.3 is 10.2 Å². The van der Waals surface area contributed by atoms with Crippen molar-refractivity contribution in [3.05, 3.63) is 0 Å². The topological polar surface area (TPSA) is 66.5 Å². The Balaban J connectivity index is 2.64. The molecule has 124 valence electrons. The molecule has 1 N–H and O–H groups in total. The summed E-state index contributed by atoms with van der Waals surface area (Å²) in [7, 11) is -2.99. The Morgan fingerprint density at radius 3 is 2.14 bits per heavy atom. The van der Waals surface area contributed by atoms with Gasteiger partial charge in [-0.2, -0.15) is 0 Å². The highest BCUT2D eigenvalue weighted by molar-refractivity contribution is 7.91. The molecule has 2 amide bonds. The van der Waals surface area contributed by atoms with Gasteiger partial charge in [-0.25, -0.2) is 13.2 Å². The van der Waals surface area contributed by atoms with Crippen molar-refractivity contribution in [2.75, 3.05) is 18.1 Å². The summed E-state index contributed by atoms with van der Waals surface area (Å²) in [5.74, 6) is 1.19. The molecule has 1 atom stereocenters. The summed E-state index contributed by atoms with van der Waals surface area (Å²) in [6.07, 6.45) is 1.90. The molecule has 1 aliphatic rings. The minimum absolute atomic E-state index is 0.0689. The average Bonchev–Trinajstić information content (AvgIpc) is 2.24. The molecular weight excluding hydrogens is 288 g/mol. The van der Waals surface area contributed by atoms with Crippen LogP contribution >= 0.6 is 0 Å². The molecule has 0 aromatic carbocycles. The van der Waals surface area contributed by atoms with E-state index in [-0.39, 0.29) is 29.6 Å². The first-order valence-corrected chi connectivity index (χ1v) is 9.70. The van der Waals surface area contributed by atoms with E-state index in [9.17, 15) is 13.2 Å². The van der Waals surface area contributed by atoms with Crippen LogP contribution in [0.1, 0.15) is 47.5 Å². The summed E-state index contributed by atoms with van der Waals surface area (Å²) in [6.45, 7) is 10.7. The molecule has 0 aromatic heterocycles. The Hall–Kier alpha value is -0.780. The third kappa shape index (κ3) is 6.24. The number of carbonyl (C=O) groups is 1. The van der Waals surface area contributed by atoms with Crippen molar-refractivity contribution in [2.24, 2.45) is 11.8 Å². The lowest BCUT2D eigenvalue weighted by atomic mass is 9.96. The van der Waals surface area contributed by atoms with E-state index in [0.29, 0.717) is 18.4 Å². The molecule has 1 saturated heterocycles. The van der Waals surface area contributed by atoms with Crippen LogP contribution in [0.2, 0.25) is 0 Å². The quantitative estimate of drug-likeness (QED) is 0.845. The monoisotopic (exact) mass is 318 g/mol. The summed E-state index contributed by atoms with van der Waals surface area (Å²) in [5, 5.41) is 3.10. The fourth-order valence-corrected chi connectivity index (χ4v) is 4.47. The maximum atomic E-state index is 12.4. The fraction of sp³-hybridized carbons (Fsp3) is 0.933. The minimum Gasteiger partial charge on any atom is -0.335 e. The molecule has 0 aliphatic carbocycles. The number of hydrogen-bond acceptors (Lipinski definition) is 3. The molecular formula is C15H30N2O3S. The summed E-state index contributed by atoms with van der Waals surface area (Å²) in [6, 6.07) is -0.213. The number of sulfone groups is 1. The average molecular weight is 318 g/mol. The molecule has 21 heavy (non-hydrogen) atoms. The standard InChI is InChI=1S/C15H30N2O3S/c1-11(2)8-14(9-12(3)4)16-15(18)17-6-7-21(19,20)10-13(17)5/h11-14H,6-10H2,1-5H3,(H,16,18)/t13-/m0/s1. The Morgan fingerprint density at radius 2 is 1.71 bits per heavy atom. The molecule has 1 fully saturated rings. The third-order valence-electron chi connectivity index (χ3n) is 3.77. The van der Waals surface area contributed by atoms with Gasteiger partial charge in [0.25, 0.3) is 0 Å². The highest BCUT2D eigenvalue weighted by atomic mass is 32.2. The maximum Gasteiger partial charge on any atom is 0.317 e. The van der Waals surface area contributed by atoms with Gasteiger partial charge in [-0.1, -0.05) is 27.7 Å². The van der Waals surface area contributed by atoms with Crippen LogP contribution in [0.15, 0.2) is 0 Å². The Bertz CT molecular complexity index is 436. The molecule has 0 unspecified atom stereocenters. The van der Waals surface area contributed by atoms with Gasteiger partial charge in [0.05, 0.1) is 11.5 Å². The van der Waals surface area contributed by atoms with Crippen molar-refractivity contribution < 1.29 is 13.2 Å². The molecule has 6 heteroatoms. The van der Waals surface area contributed by atoms with E-state index in [1.807, 2.05) is 0 Å². The van der Waals surface area contributed by atoms with E-state index in [1.165, 1.54) is 0 Å². The number of nitrogens with one attached hydrogen (secondary N) is 1. The lowest BCUT2D eigenvalue weighted by Gasteiger charge is -2.35. The second-order valence-electron chi connectivity index (χ2n) is 7.06. The number of hydrogen-bond donors (Lipinski definition) is 1. The van der Waals surface area contributed by atoms with E-state index in [0.717, 1.165) is 12.8 Å². The second kappa shape index (κ2) is 7.47. The zero-order valence-corrected chi connectivity index (χ0v) is 14.7. The van der Waals surface area contributed by atoms with Crippen molar-refractivity contribution >= 4 is 15.9 Å². The van der Waals surface area contributed by atoms with Crippen LogP contribution in [0.4, 0.5) is 4.79 Å². The smallest absolute Gasteiger partial charge is 0.317 e. The normalized spacial score (nSPS) is 22.1. The third-order valence-corrected chi connectivity index (χ3v) is 5.57. The van der Waals surface area contributed by atoms with E-state index < -0.39 is 9.84 Å². The first kappa shape index (κ1) is 18.3. The maximum absolute atomic E-state index is 12.4. The van der Waals surface area contributed by atoms with Gasteiger partial charge in [0, 0.05) is 18.6 Å². The predicted molar refractivity (Wildman–Crippen MR) is 86.1 cm³/mol. The number of rotatable bonds is 5. The first-order valence-electron chi connectivity index (χ1n) is 7.88. The van der Waals surface area contributed by atoms with Gasteiger partial charge in [0.2, 0.25) is 0 Å². The lowest BCUT2D eigenvalue weighted by molar-refractivity contribution is 0.177. The highest BCUT2D eigenvalue weighted by Gasteiger charge is 2.32. The van der Waals surface area contributed by atoms with Gasteiger partial charge in [0.1, 0.15) is 0 Å². The molecule has 0 bridgehead atoms. The second-order valence-corrected chi connectivity index (χ2v) is 9.29. The predicted octanol–water partition coefficient (Wildman–Crippen LogP) is 2.28. The van der Waals surface area contributed by atoms with Gasteiger partial charge >= 0.3 is 6.03 Å². The largest absolute Gasteiger partial charge is 0.335 e. The number of urea groups is 1. The van der Waals surface area contributed by atoms with Crippen LogP contribution in [0.5, 0.6) is 0 Å². The van der Waals surface area contributed by atoms with E-state index in [2.05, 4.69) is 33.0 Å². The highest BCUT2D eigenvalue weighted by Crippen LogP contribution is 2.16. The number of amides is 2. The summed E-state index contributed by atoms with van der Waals surface area (Å²) in [4.78, 5) is 14.1. The number of carbonyl (C=O) groups excluding carboxylic acids is 1. The van der Waals surface area contributed by atoms with Crippen molar-refractivity contribution in [3.8, 4) is 0 Å². The SMILES string of the molecule is CC(C)CC(CC(C)C)NC(=O)N1CCS(=O)(=O)C[C@@H]1C. The van der Waals surface area contributed by atoms with E-state index in [1.54, 1.807) is 11.8 Å². The van der Waals surface area contributed by atoms with Crippen LogP contribution in [0, 0.1) is 11.8 Å². The van der Waals surface area contributed by atoms with Gasteiger partial charge in [0.15, 0.2) is 9.84 Å². The Kier molecular flexibility index (Phi) is 6.50. The molecule has 1 aliphatic heterocycles. The summed E-state index contributed by atoms with van der Waals surface area (Å²) >= 11 is 0. The first-order chi connectivity index (χ1) is 9.60. The fourth-order valence-electron chi connectivity index (χ4n) is 2.91. The molecule has 0 radical (unpaired) electrons. The van der Waals surface area contributed by atoms with Gasteiger partial charge in [-0.15, -0.1) is 0 Å². The molecule has 5 nitrogen and oxygen atoms in total. The molecule has 0 aromatic rings. The van der Waals surface area contributed by atoms with E-state index >= 15 is 0 Å². The van der Waals surface area contributed by atoms with Crippen LogP contribution in [0.25, 0.3) is 0 Å². The van der Waals surface area contributed by atoms with Crippen molar-refractivity contribution in [1.82, 2.24) is 10.2 Å². The van der Waals surface area contributed by atoms with Crippen LogP contribution in [-0.2, 0) is 9.84 Å². The van der Waals surface area contributed by atoms with E-state index in [4.69, 9.17) is 0 Å². The molecule has 1 heterocycles. The van der Waals surface area contributed by atoms with Crippen molar-refractivity contribution in [1.29, 1.82) is 0 Å². The van der Waals surface area contributed by atoms with Crippen LogP contribution in [0.3, 0.4) is 0 Å². The molecule has 1 rings (SSSR count). The Labute approximate surface area is 129 Å². The zero-order valence-electron chi connectivity index (χ0n) is 13.9. The molecule has 0 saturated carbocycles. The van der Waals surface area contributed by atoms with Crippen molar-refractivity contribution in [2.45, 2.75) is 59.5 Å². The van der Waals surface area contributed by atoms with Gasteiger partial charge in [-0.3, -0.25) is 0 Å². The minimum atomic E-state index is -2.99. The van der Waals surface area contributed by atoms with Crippen LogP contribution < -0.4 is 5.32 Å². The van der Waals surface area contributed by atoms with Crippen LogP contribution in [-0.4, -0.2) is 49.5 Å².